The number of nitro benzene ring substituents is 1. The first-order chi connectivity index (χ1) is 8.19. The molecule has 0 aliphatic rings. The number of nitrogens with one attached hydrogen (secondary N) is 2. The van der Waals surface area contributed by atoms with Crippen molar-refractivity contribution in [2.24, 2.45) is 0 Å². The lowest BCUT2D eigenvalue weighted by Crippen LogP contribution is -2.21. The van der Waals surface area contributed by atoms with Crippen molar-refractivity contribution in [3.05, 3.63) is 28.3 Å². The smallest absolute Gasteiger partial charge is 0.292 e. The number of anilines is 1. The van der Waals surface area contributed by atoms with Crippen LogP contribution in [0, 0.1) is 10.1 Å². The molecule has 1 rings (SSSR count). The summed E-state index contributed by atoms with van der Waals surface area (Å²) >= 11 is 0. The van der Waals surface area contributed by atoms with Crippen molar-refractivity contribution in [2.45, 2.75) is 6.92 Å². The summed E-state index contributed by atoms with van der Waals surface area (Å²) in [4.78, 5) is 10.4. The van der Waals surface area contributed by atoms with Crippen LogP contribution in [0.15, 0.2) is 18.2 Å². The zero-order valence-corrected chi connectivity index (χ0v) is 10.0. The Kier molecular flexibility index (Phi) is 5.22. The van der Waals surface area contributed by atoms with Crippen LogP contribution in [0.3, 0.4) is 0 Å². The summed E-state index contributed by atoms with van der Waals surface area (Å²) in [5.74, 6) is 0.599. The van der Waals surface area contributed by atoms with Crippen LogP contribution in [0.5, 0.6) is 5.75 Å². The Bertz CT molecular complexity index is 382. The van der Waals surface area contributed by atoms with E-state index in [-0.39, 0.29) is 5.69 Å². The Balaban J connectivity index is 2.75. The Morgan fingerprint density at radius 3 is 2.76 bits per heavy atom. The van der Waals surface area contributed by atoms with Gasteiger partial charge in [-0.2, -0.15) is 0 Å². The molecule has 94 valence electrons. The van der Waals surface area contributed by atoms with Gasteiger partial charge in [-0.15, -0.1) is 0 Å². The number of nitro groups is 1. The Hall–Kier alpha value is -1.82. The highest BCUT2D eigenvalue weighted by Crippen LogP contribution is 2.28. The average molecular weight is 239 g/mol. The predicted octanol–water partition coefficient (Wildman–Crippen LogP) is 1.62. The fraction of sp³-hybridized carbons (Fsp3) is 0.455. The van der Waals surface area contributed by atoms with Crippen LogP contribution in [0.1, 0.15) is 6.92 Å². The van der Waals surface area contributed by atoms with Crippen LogP contribution in [-0.2, 0) is 0 Å². The Labute approximate surface area is 100 Å². The number of likely N-dealkylation sites (N-methyl/N-ethyl adjacent to an activating group) is 1. The molecular formula is C11H17N3O3. The van der Waals surface area contributed by atoms with Crippen molar-refractivity contribution in [3.8, 4) is 5.75 Å². The molecule has 6 nitrogen and oxygen atoms in total. The van der Waals surface area contributed by atoms with Crippen LogP contribution in [0.4, 0.5) is 11.4 Å². The van der Waals surface area contributed by atoms with Crippen LogP contribution in [-0.4, -0.2) is 31.7 Å². The zero-order chi connectivity index (χ0) is 12.7. The summed E-state index contributed by atoms with van der Waals surface area (Å²) in [5, 5.41) is 17.0. The van der Waals surface area contributed by atoms with Gasteiger partial charge < -0.3 is 15.4 Å². The van der Waals surface area contributed by atoms with E-state index >= 15 is 0 Å². The number of benzene rings is 1. The molecule has 0 aromatic heterocycles. The Morgan fingerprint density at radius 1 is 1.41 bits per heavy atom. The number of nitrogens with zero attached hydrogens (tertiary/aromatic N) is 1. The minimum atomic E-state index is -0.408. The van der Waals surface area contributed by atoms with Gasteiger partial charge >= 0.3 is 0 Å². The van der Waals surface area contributed by atoms with E-state index in [0.717, 1.165) is 13.1 Å². The van der Waals surface area contributed by atoms with Crippen molar-refractivity contribution in [2.75, 3.05) is 32.1 Å². The predicted molar refractivity (Wildman–Crippen MR) is 66.7 cm³/mol. The normalized spacial score (nSPS) is 10.0. The monoisotopic (exact) mass is 239 g/mol. The van der Waals surface area contributed by atoms with Crippen LogP contribution in [0.25, 0.3) is 0 Å². The van der Waals surface area contributed by atoms with Crippen molar-refractivity contribution in [3.63, 3.8) is 0 Å². The molecule has 0 saturated carbocycles. The van der Waals surface area contributed by atoms with Gasteiger partial charge in [-0.05, 0) is 12.6 Å². The van der Waals surface area contributed by atoms with Crippen molar-refractivity contribution in [1.29, 1.82) is 0 Å². The van der Waals surface area contributed by atoms with Gasteiger partial charge in [0.05, 0.1) is 12.0 Å². The third kappa shape index (κ3) is 3.92. The molecule has 2 N–H and O–H groups in total. The number of rotatable bonds is 7. The van der Waals surface area contributed by atoms with E-state index < -0.39 is 4.92 Å². The lowest BCUT2D eigenvalue weighted by atomic mass is 10.2. The molecule has 0 bridgehead atoms. The summed E-state index contributed by atoms with van der Waals surface area (Å²) in [6.07, 6.45) is 0. The number of ether oxygens (including phenoxy) is 1. The fourth-order valence-corrected chi connectivity index (χ4v) is 1.41. The van der Waals surface area contributed by atoms with E-state index in [4.69, 9.17) is 4.74 Å². The summed E-state index contributed by atoms with van der Waals surface area (Å²) in [6.45, 7) is 4.27. The lowest BCUT2D eigenvalue weighted by molar-refractivity contribution is -0.384. The van der Waals surface area contributed by atoms with E-state index in [9.17, 15) is 10.1 Å². The highest BCUT2D eigenvalue weighted by Gasteiger charge is 2.13. The molecule has 0 fully saturated rings. The minimum absolute atomic E-state index is 0.0577. The maximum absolute atomic E-state index is 10.8. The molecule has 0 aliphatic carbocycles. The summed E-state index contributed by atoms with van der Waals surface area (Å²) in [5.41, 5.74) is 0.537. The molecule has 1 aromatic rings. The molecule has 0 saturated heterocycles. The molecule has 0 radical (unpaired) electrons. The maximum Gasteiger partial charge on any atom is 0.292 e. The Morgan fingerprint density at radius 2 is 2.18 bits per heavy atom. The second-order valence-corrected chi connectivity index (χ2v) is 3.42. The largest absolute Gasteiger partial charge is 0.497 e. The second kappa shape index (κ2) is 6.70. The van der Waals surface area contributed by atoms with Crippen molar-refractivity contribution >= 4 is 11.4 Å². The third-order valence-corrected chi connectivity index (χ3v) is 2.27. The fourth-order valence-electron chi connectivity index (χ4n) is 1.41. The third-order valence-electron chi connectivity index (χ3n) is 2.27. The lowest BCUT2D eigenvalue weighted by Gasteiger charge is -2.08. The molecule has 0 aliphatic heterocycles. The summed E-state index contributed by atoms with van der Waals surface area (Å²) in [6, 6.07) is 4.64. The molecule has 6 heteroatoms. The first kappa shape index (κ1) is 13.2. The van der Waals surface area contributed by atoms with Gasteiger partial charge in [0.25, 0.3) is 5.69 Å². The SMILES string of the molecule is CCNCCNc1cc(OC)ccc1[N+](=O)[O-]. The second-order valence-electron chi connectivity index (χ2n) is 3.42. The zero-order valence-electron chi connectivity index (χ0n) is 10.0. The molecule has 1 aromatic carbocycles. The van der Waals surface area contributed by atoms with E-state index in [1.54, 1.807) is 12.1 Å². The topological polar surface area (TPSA) is 76.4 Å². The van der Waals surface area contributed by atoms with E-state index in [0.29, 0.717) is 18.0 Å². The summed E-state index contributed by atoms with van der Waals surface area (Å²) < 4.78 is 5.04. The van der Waals surface area contributed by atoms with Crippen LogP contribution in [0.2, 0.25) is 0 Å². The first-order valence-corrected chi connectivity index (χ1v) is 5.46. The van der Waals surface area contributed by atoms with E-state index in [2.05, 4.69) is 10.6 Å². The van der Waals surface area contributed by atoms with Gasteiger partial charge in [0.2, 0.25) is 0 Å². The molecule has 0 spiro atoms. The average Bonchev–Trinajstić information content (AvgIpc) is 2.34. The molecule has 0 amide bonds. The molecule has 0 heterocycles. The van der Waals surface area contributed by atoms with Gasteiger partial charge in [0.15, 0.2) is 0 Å². The van der Waals surface area contributed by atoms with Crippen molar-refractivity contribution in [1.82, 2.24) is 5.32 Å². The van der Waals surface area contributed by atoms with E-state index in [1.807, 2.05) is 6.92 Å². The molecule has 0 unspecified atom stereocenters. The van der Waals surface area contributed by atoms with Crippen molar-refractivity contribution < 1.29 is 9.66 Å². The quantitative estimate of drug-likeness (QED) is 0.429. The minimum Gasteiger partial charge on any atom is -0.497 e. The van der Waals surface area contributed by atoms with Gasteiger partial charge in [0, 0.05) is 25.2 Å². The maximum atomic E-state index is 10.8. The van der Waals surface area contributed by atoms with E-state index in [1.165, 1.54) is 13.2 Å². The highest BCUT2D eigenvalue weighted by atomic mass is 16.6. The molecular weight excluding hydrogens is 222 g/mol. The number of hydrogen-bond acceptors (Lipinski definition) is 5. The van der Waals surface area contributed by atoms with Gasteiger partial charge in [0.1, 0.15) is 11.4 Å². The summed E-state index contributed by atoms with van der Waals surface area (Å²) in [7, 11) is 1.53. The molecule has 0 atom stereocenters. The first-order valence-electron chi connectivity index (χ1n) is 5.46. The van der Waals surface area contributed by atoms with Gasteiger partial charge in [-0.3, -0.25) is 10.1 Å². The number of methoxy groups -OCH3 is 1. The van der Waals surface area contributed by atoms with Crippen LogP contribution >= 0.6 is 0 Å². The number of hydrogen-bond donors (Lipinski definition) is 2. The molecule has 17 heavy (non-hydrogen) atoms. The van der Waals surface area contributed by atoms with Crippen LogP contribution < -0.4 is 15.4 Å². The standard InChI is InChI=1S/C11H17N3O3/c1-3-12-6-7-13-10-8-9(17-2)4-5-11(10)14(15)16/h4-5,8,12-13H,3,6-7H2,1-2H3. The van der Waals surface area contributed by atoms with Gasteiger partial charge in [-0.1, -0.05) is 6.92 Å². The highest BCUT2D eigenvalue weighted by molar-refractivity contribution is 5.64. The van der Waals surface area contributed by atoms with Gasteiger partial charge in [-0.25, -0.2) is 0 Å².